The van der Waals surface area contributed by atoms with E-state index in [0.717, 1.165) is 33.2 Å². The second-order valence-corrected chi connectivity index (χ2v) is 9.17. The van der Waals surface area contributed by atoms with Crippen molar-refractivity contribution in [1.29, 1.82) is 0 Å². The third kappa shape index (κ3) is 3.40. The van der Waals surface area contributed by atoms with Gasteiger partial charge in [-0.2, -0.15) is 5.10 Å². The first kappa shape index (κ1) is 19.8. The van der Waals surface area contributed by atoms with Crippen molar-refractivity contribution in [3.63, 3.8) is 0 Å². The molecule has 0 saturated heterocycles. The number of hydrogen-bond acceptors (Lipinski definition) is 6. The maximum Gasteiger partial charge on any atom is 0.253 e. The van der Waals surface area contributed by atoms with Crippen LogP contribution in [0, 0.1) is 20.8 Å². The fourth-order valence-corrected chi connectivity index (χ4v) is 5.09. The molecule has 1 aliphatic rings. The first-order chi connectivity index (χ1) is 14.9. The van der Waals surface area contributed by atoms with E-state index in [9.17, 15) is 5.11 Å². The first-order valence-corrected chi connectivity index (χ1v) is 11.0. The van der Waals surface area contributed by atoms with Crippen molar-refractivity contribution in [1.82, 2.24) is 14.8 Å². The number of benzene rings is 2. The van der Waals surface area contributed by atoms with Crippen LogP contribution in [-0.2, 0) is 6.54 Å². The summed E-state index contributed by atoms with van der Waals surface area (Å²) in [5, 5.41) is 27.4. The normalized spacial score (nSPS) is 12.9. The Morgan fingerprint density at radius 1 is 1.03 bits per heavy atom. The molecule has 0 aliphatic carbocycles. The minimum Gasteiger partial charge on any atom is -0.508 e. The summed E-state index contributed by atoms with van der Waals surface area (Å²) in [6, 6.07) is 14.9. The van der Waals surface area contributed by atoms with Crippen molar-refractivity contribution in [3.05, 3.63) is 86.5 Å². The van der Waals surface area contributed by atoms with Gasteiger partial charge < -0.3 is 5.11 Å². The molecule has 2 aromatic carbocycles. The summed E-state index contributed by atoms with van der Waals surface area (Å²) in [5.74, 6) is 1.66. The molecule has 4 aromatic rings. The Balaban J connectivity index is 1.75. The highest BCUT2D eigenvalue weighted by Crippen LogP contribution is 2.38. The molecule has 31 heavy (non-hydrogen) atoms. The number of thiophene rings is 1. The monoisotopic (exact) mass is 449 g/mol. The van der Waals surface area contributed by atoms with Gasteiger partial charge in [0, 0.05) is 21.0 Å². The first-order valence-electron chi connectivity index (χ1n) is 9.85. The predicted molar refractivity (Wildman–Crippen MR) is 125 cm³/mol. The Morgan fingerprint density at radius 2 is 1.81 bits per heavy atom. The number of rotatable bonds is 3. The summed E-state index contributed by atoms with van der Waals surface area (Å²) in [7, 11) is 0. The quantitative estimate of drug-likeness (QED) is 0.455. The van der Waals surface area contributed by atoms with E-state index in [1.165, 1.54) is 10.4 Å². The largest absolute Gasteiger partial charge is 0.508 e. The van der Waals surface area contributed by atoms with E-state index in [2.05, 4.69) is 28.6 Å². The van der Waals surface area contributed by atoms with Crippen LogP contribution < -0.4 is 5.01 Å². The average Bonchev–Trinajstić information content (AvgIpc) is 3.21. The lowest BCUT2D eigenvalue weighted by Gasteiger charge is -2.18. The number of fused-ring (bicyclic) bond motifs is 3. The van der Waals surface area contributed by atoms with Gasteiger partial charge in [0.05, 0.1) is 6.54 Å². The van der Waals surface area contributed by atoms with Crippen LogP contribution in [-0.4, -0.2) is 25.6 Å². The van der Waals surface area contributed by atoms with Crippen molar-refractivity contribution in [3.8, 4) is 10.8 Å². The number of phenols is 1. The Kier molecular flexibility index (Phi) is 4.79. The number of phenolic OH excluding ortho intramolecular Hbond substituents is 1. The maximum absolute atomic E-state index is 9.93. The van der Waals surface area contributed by atoms with Crippen LogP contribution in [0.5, 0.6) is 5.75 Å². The number of aryl methyl sites for hydroxylation is 2. The topological polar surface area (TPSA) is 66.5 Å². The number of halogens is 1. The summed E-state index contributed by atoms with van der Waals surface area (Å²) < 4.78 is 2.06. The van der Waals surface area contributed by atoms with Crippen LogP contribution in [0.15, 0.2) is 53.6 Å². The van der Waals surface area contributed by atoms with E-state index in [0.29, 0.717) is 17.5 Å². The summed E-state index contributed by atoms with van der Waals surface area (Å²) in [4.78, 5) is 1.23. The van der Waals surface area contributed by atoms with Gasteiger partial charge in [-0.15, -0.1) is 21.5 Å². The number of hydrogen-bond donors (Lipinski definition) is 1. The second kappa shape index (κ2) is 7.51. The molecule has 0 radical (unpaired) electrons. The SMILES string of the molecule is Cc1sc2c(c1C)C(c1ccc(Cl)cc1)=NN(Cc1cccc(O)c1)c1nnc(C)n1-2. The number of anilines is 1. The van der Waals surface area contributed by atoms with Crippen LogP contribution >= 0.6 is 22.9 Å². The van der Waals surface area contributed by atoms with Gasteiger partial charge in [0.25, 0.3) is 5.95 Å². The molecule has 0 saturated carbocycles. The summed E-state index contributed by atoms with van der Waals surface area (Å²) in [6.07, 6.45) is 0. The Bertz CT molecular complexity index is 1320. The predicted octanol–water partition coefficient (Wildman–Crippen LogP) is 5.39. The number of hydrazone groups is 1. The van der Waals surface area contributed by atoms with Gasteiger partial charge in [-0.1, -0.05) is 35.9 Å². The van der Waals surface area contributed by atoms with Gasteiger partial charge in [0.2, 0.25) is 0 Å². The average molecular weight is 450 g/mol. The minimum absolute atomic E-state index is 0.220. The molecule has 156 valence electrons. The molecule has 0 bridgehead atoms. The maximum atomic E-state index is 9.93. The van der Waals surface area contributed by atoms with Crippen molar-refractivity contribution in [2.45, 2.75) is 27.3 Å². The van der Waals surface area contributed by atoms with Crippen LogP contribution in [0.4, 0.5) is 5.95 Å². The molecular formula is C23H20ClN5OS. The van der Waals surface area contributed by atoms with Gasteiger partial charge in [0.15, 0.2) is 0 Å². The van der Waals surface area contributed by atoms with E-state index < -0.39 is 0 Å². The molecule has 1 aliphatic heterocycles. The van der Waals surface area contributed by atoms with E-state index in [1.807, 2.05) is 48.3 Å². The molecule has 8 heteroatoms. The Morgan fingerprint density at radius 3 is 2.55 bits per heavy atom. The zero-order valence-electron chi connectivity index (χ0n) is 17.3. The second-order valence-electron chi connectivity index (χ2n) is 7.53. The fourth-order valence-electron chi connectivity index (χ4n) is 3.76. The molecular weight excluding hydrogens is 430 g/mol. The zero-order valence-corrected chi connectivity index (χ0v) is 18.9. The fraction of sp³-hybridized carbons (Fsp3) is 0.174. The zero-order chi connectivity index (χ0) is 21.7. The summed E-state index contributed by atoms with van der Waals surface area (Å²) >= 11 is 7.86. The third-order valence-electron chi connectivity index (χ3n) is 5.43. The molecule has 5 rings (SSSR count). The van der Waals surface area contributed by atoms with Gasteiger partial charge in [-0.3, -0.25) is 4.57 Å². The molecule has 0 amide bonds. The molecule has 0 fully saturated rings. The lowest BCUT2D eigenvalue weighted by molar-refractivity contribution is 0.474. The van der Waals surface area contributed by atoms with Gasteiger partial charge >= 0.3 is 0 Å². The van der Waals surface area contributed by atoms with Crippen LogP contribution in [0.1, 0.15) is 33.0 Å². The number of aromatic hydroxyl groups is 1. The van der Waals surface area contributed by atoms with E-state index in [1.54, 1.807) is 23.5 Å². The third-order valence-corrected chi connectivity index (χ3v) is 6.87. The summed E-state index contributed by atoms with van der Waals surface area (Å²) in [6.45, 7) is 6.64. The summed E-state index contributed by atoms with van der Waals surface area (Å²) in [5.41, 5.74) is 5.02. The highest BCUT2D eigenvalue weighted by molar-refractivity contribution is 7.15. The van der Waals surface area contributed by atoms with Gasteiger partial charge in [-0.25, -0.2) is 5.01 Å². The smallest absolute Gasteiger partial charge is 0.253 e. The number of nitrogens with zero attached hydrogens (tertiary/aromatic N) is 5. The van der Waals surface area contributed by atoms with E-state index in [-0.39, 0.29) is 5.75 Å². The molecule has 2 aromatic heterocycles. The van der Waals surface area contributed by atoms with Crippen molar-refractivity contribution >= 4 is 34.6 Å². The molecule has 0 spiro atoms. The molecule has 1 N–H and O–H groups in total. The lowest BCUT2D eigenvalue weighted by Crippen LogP contribution is -2.20. The van der Waals surface area contributed by atoms with Crippen LogP contribution in [0.25, 0.3) is 5.00 Å². The molecule has 0 atom stereocenters. The van der Waals surface area contributed by atoms with Gasteiger partial charge in [0.1, 0.15) is 22.3 Å². The Hall–Kier alpha value is -3.16. The lowest BCUT2D eigenvalue weighted by atomic mass is 10.00. The number of aromatic nitrogens is 3. The molecule has 6 nitrogen and oxygen atoms in total. The van der Waals surface area contributed by atoms with Crippen molar-refractivity contribution in [2.75, 3.05) is 5.01 Å². The van der Waals surface area contributed by atoms with Crippen molar-refractivity contribution < 1.29 is 5.11 Å². The highest BCUT2D eigenvalue weighted by Gasteiger charge is 2.30. The van der Waals surface area contributed by atoms with Gasteiger partial charge in [-0.05, 0) is 56.2 Å². The molecule has 3 heterocycles. The standard InChI is InChI=1S/C23H20ClN5OS/c1-13-14(2)31-22-20(13)21(17-7-9-18(24)10-8-17)27-28(23-26-25-15(3)29(22)23)12-16-5-4-6-19(30)11-16/h4-11,30H,12H2,1-3H3. The van der Waals surface area contributed by atoms with E-state index >= 15 is 0 Å². The van der Waals surface area contributed by atoms with E-state index in [4.69, 9.17) is 16.7 Å². The van der Waals surface area contributed by atoms with Crippen LogP contribution in [0.2, 0.25) is 5.02 Å². The minimum atomic E-state index is 0.220. The highest BCUT2D eigenvalue weighted by atomic mass is 35.5. The molecule has 0 unspecified atom stereocenters. The van der Waals surface area contributed by atoms with Crippen molar-refractivity contribution in [2.24, 2.45) is 5.10 Å². The van der Waals surface area contributed by atoms with Crippen LogP contribution in [0.3, 0.4) is 0 Å². The Labute approximate surface area is 189 Å².